The fourth-order valence-corrected chi connectivity index (χ4v) is 3.30. The Morgan fingerprint density at radius 1 is 0.920 bits per heavy atom. The van der Waals surface area contributed by atoms with Crippen molar-refractivity contribution in [3.63, 3.8) is 0 Å². The van der Waals surface area contributed by atoms with Gasteiger partial charge in [-0.05, 0) is 24.8 Å². The minimum absolute atomic E-state index is 0.468. The second-order valence-corrected chi connectivity index (χ2v) is 6.16. The van der Waals surface area contributed by atoms with Gasteiger partial charge < -0.3 is 5.32 Å². The van der Waals surface area contributed by atoms with Gasteiger partial charge in [-0.1, -0.05) is 60.7 Å². The molecule has 3 aromatic rings. The summed E-state index contributed by atoms with van der Waals surface area (Å²) < 4.78 is 0. The second kappa shape index (κ2) is 6.74. The number of nitrogens with zero attached hydrogens (tertiary/aromatic N) is 3. The molecule has 1 aromatic heterocycles. The first kappa shape index (κ1) is 15.3. The van der Waals surface area contributed by atoms with Crippen LogP contribution in [0, 0.1) is 11.3 Å². The standard InChI is InChI=1S/C21H18N4/c22-14-19(15-8-3-1-4-9-15)24-21-23-18-13-7-12-17(18)20(25-21)16-10-5-2-6-11-16/h1-6,8-11,19H,7,12-13H2,(H,23,24,25). The molecule has 1 aliphatic carbocycles. The summed E-state index contributed by atoms with van der Waals surface area (Å²) in [7, 11) is 0. The van der Waals surface area contributed by atoms with Crippen molar-refractivity contribution in [1.29, 1.82) is 5.26 Å². The maximum Gasteiger partial charge on any atom is 0.224 e. The van der Waals surface area contributed by atoms with Crippen molar-refractivity contribution in [3.8, 4) is 17.3 Å². The minimum atomic E-state index is -0.468. The molecule has 25 heavy (non-hydrogen) atoms. The third kappa shape index (κ3) is 3.09. The van der Waals surface area contributed by atoms with Crippen molar-refractivity contribution >= 4 is 5.95 Å². The normalized spacial score (nSPS) is 13.7. The van der Waals surface area contributed by atoms with Crippen LogP contribution in [0.3, 0.4) is 0 Å². The van der Waals surface area contributed by atoms with Crippen molar-refractivity contribution in [2.75, 3.05) is 5.32 Å². The van der Waals surface area contributed by atoms with Crippen LogP contribution in [0.2, 0.25) is 0 Å². The van der Waals surface area contributed by atoms with Crippen LogP contribution in [0.4, 0.5) is 5.95 Å². The van der Waals surface area contributed by atoms with Crippen molar-refractivity contribution in [1.82, 2.24) is 9.97 Å². The summed E-state index contributed by atoms with van der Waals surface area (Å²) in [4.78, 5) is 9.43. The van der Waals surface area contributed by atoms with E-state index in [-0.39, 0.29) is 0 Å². The van der Waals surface area contributed by atoms with Crippen LogP contribution in [0.25, 0.3) is 11.3 Å². The smallest absolute Gasteiger partial charge is 0.224 e. The number of anilines is 1. The Kier molecular flexibility index (Phi) is 4.14. The first-order chi connectivity index (χ1) is 12.3. The molecule has 0 bridgehead atoms. The van der Waals surface area contributed by atoms with Gasteiger partial charge in [0.05, 0.1) is 11.8 Å². The zero-order valence-electron chi connectivity index (χ0n) is 13.8. The highest BCUT2D eigenvalue weighted by Gasteiger charge is 2.21. The number of hydrogen-bond acceptors (Lipinski definition) is 4. The summed E-state index contributed by atoms with van der Waals surface area (Å²) in [5.74, 6) is 0.523. The molecule has 1 atom stereocenters. The van der Waals surface area contributed by atoms with Crippen LogP contribution in [0.15, 0.2) is 60.7 Å². The van der Waals surface area contributed by atoms with Crippen LogP contribution in [0.1, 0.15) is 29.3 Å². The zero-order chi connectivity index (χ0) is 17.1. The van der Waals surface area contributed by atoms with Gasteiger partial charge in [-0.3, -0.25) is 0 Å². The summed E-state index contributed by atoms with van der Waals surface area (Å²) in [5.41, 5.74) is 5.33. The Labute approximate surface area is 147 Å². The molecule has 0 amide bonds. The largest absolute Gasteiger partial charge is 0.335 e. The number of nitrogens with one attached hydrogen (secondary N) is 1. The van der Waals surface area contributed by atoms with Gasteiger partial charge in [-0.15, -0.1) is 0 Å². The molecule has 4 heteroatoms. The van der Waals surface area contributed by atoms with E-state index in [1.807, 2.05) is 48.5 Å². The van der Waals surface area contributed by atoms with Gasteiger partial charge >= 0.3 is 0 Å². The highest BCUT2D eigenvalue weighted by atomic mass is 15.1. The summed E-state index contributed by atoms with van der Waals surface area (Å²) in [6, 6.07) is 21.7. The lowest BCUT2D eigenvalue weighted by Crippen LogP contribution is -2.12. The van der Waals surface area contributed by atoms with Gasteiger partial charge in [0, 0.05) is 16.8 Å². The molecular weight excluding hydrogens is 308 g/mol. The first-order valence-electron chi connectivity index (χ1n) is 8.51. The molecule has 0 radical (unpaired) electrons. The molecule has 0 spiro atoms. The SMILES string of the molecule is N#CC(Nc1nc2c(c(-c3ccccc3)n1)CCC2)c1ccccc1. The van der Waals surface area contributed by atoms with E-state index in [1.165, 1.54) is 5.56 Å². The Hall–Kier alpha value is -3.19. The third-order valence-corrected chi connectivity index (χ3v) is 4.52. The van der Waals surface area contributed by atoms with Crippen molar-refractivity contribution in [2.45, 2.75) is 25.3 Å². The molecule has 4 rings (SSSR count). The van der Waals surface area contributed by atoms with E-state index >= 15 is 0 Å². The molecule has 2 aromatic carbocycles. The summed E-state index contributed by atoms with van der Waals surface area (Å²) in [6.07, 6.45) is 3.09. The third-order valence-electron chi connectivity index (χ3n) is 4.52. The van der Waals surface area contributed by atoms with Gasteiger partial charge in [-0.25, -0.2) is 9.97 Å². The van der Waals surface area contributed by atoms with Crippen LogP contribution in [-0.2, 0) is 12.8 Å². The van der Waals surface area contributed by atoms with E-state index in [0.717, 1.165) is 41.8 Å². The number of fused-ring (bicyclic) bond motifs is 1. The lowest BCUT2D eigenvalue weighted by atomic mass is 10.1. The molecule has 0 fully saturated rings. The predicted octanol–water partition coefficient (Wildman–Crippen LogP) is 4.31. The number of hydrogen-bond donors (Lipinski definition) is 1. The summed E-state index contributed by atoms with van der Waals surface area (Å²) in [6.45, 7) is 0. The molecule has 1 aliphatic rings. The Morgan fingerprint density at radius 3 is 2.36 bits per heavy atom. The number of aryl methyl sites for hydroxylation is 1. The lowest BCUT2D eigenvalue weighted by Gasteiger charge is -2.15. The van der Waals surface area contributed by atoms with Gasteiger partial charge in [0.1, 0.15) is 6.04 Å². The molecule has 122 valence electrons. The second-order valence-electron chi connectivity index (χ2n) is 6.16. The zero-order valence-corrected chi connectivity index (χ0v) is 13.8. The van der Waals surface area contributed by atoms with E-state index < -0.39 is 6.04 Å². The maximum atomic E-state index is 9.55. The van der Waals surface area contributed by atoms with Crippen LogP contribution < -0.4 is 5.32 Å². The number of nitriles is 1. The van der Waals surface area contributed by atoms with Crippen LogP contribution >= 0.6 is 0 Å². The van der Waals surface area contributed by atoms with Crippen molar-refractivity contribution < 1.29 is 0 Å². The maximum absolute atomic E-state index is 9.55. The quantitative estimate of drug-likeness (QED) is 0.776. The average Bonchev–Trinajstić information content (AvgIpc) is 3.15. The van der Waals surface area contributed by atoms with E-state index in [1.54, 1.807) is 0 Å². The average molecular weight is 326 g/mol. The molecule has 0 saturated carbocycles. The monoisotopic (exact) mass is 326 g/mol. The van der Waals surface area contributed by atoms with Gasteiger partial charge in [0.25, 0.3) is 0 Å². The fraction of sp³-hybridized carbons (Fsp3) is 0.190. The Bertz CT molecular complexity index is 914. The van der Waals surface area contributed by atoms with Gasteiger partial charge in [-0.2, -0.15) is 5.26 Å². The molecule has 1 unspecified atom stereocenters. The van der Waals surface area contributed by atoms with Gasteiger partial charge in [0.2, 0.25) is 5.95 Å². The predicted molar refractivity (Wildman–Crippen MR) is 97.9 cm³/mol. The lowest BCUT2D eigenvalue weighted by molar-refractivity contribution is 0.895. The molecule has 1 N–H and O–H groups in total. The topological polar surface area (TPSA) is 61.6 Å². The molecular formula is C21H18N4. The van der Waals surface area contributed by atoms with Crippen LogP contribution in [-0.4, -0.2) is 9.97 Å². The number of benzene rings is 2. The van der Waals surface area contributed by atoms with Crippen molar-refractivity contribution in [2.24, 2.45) is 0 Å². The molecule has 0 aliphatic heterocycles. The first-order valence-corrected chi connectivity index (χ1v) is 8.51. The minimum Gasteiger partial charge on any atom is -0.335 e. The molecule has 0 saturated heterocycles. The van der Waals surface area contributed by atoms with E-state index in [0.29, 0.717) is 5.95 Å². The van der Waals surface area contributed by atoms with E-state index in [4.69, 9.17) is 4.98 Å². The fourth-order valence-electron chi connectivity index (χ4n) is 3.30. The number of rotatable bonds is 4. The highest BCUT2D eigenvalue weighted by molar-refractivity contribution is 5.66. The van der Waals surface area contributed by atoms with E-state index in [2.05, 4.69) is 28.5 Å². The Balaban J connectivity index is 1.73. The van der Waals surface area contributed by atoms with E-state index in [9.17, 15) is 5.26 Å². The van der Waals surface area contributed by atoms with Crippen LogP contribution in [0.5, 0.6) is 0 Å². The summed E-state index contributed by atoms with van der Waals surface area (Å²) >= 11 is 0. The summed E-state index contributed by atoms with van der Waals surface area (Å²) in [5, 5.41) is 12.8. The number of aromatic nitrogens is 2. The van der Waals surface area contributed by atoms with Crippen molar-refractivity contribution in [3.05, 3.63) is 77.5 Å². The molecule has 4 nitrogen and oxygen atoms in total. The molecule has 1 heterocycles. The highest BCUT2D eigenvalue weighted by Crippen LogP contribution is 2.31. The Morgan fingerprint density at radius 2 is 1.64 bits per heavy atom. The van der Waals surface area contributed by atoms with Gasteiger partial charge in [0.15, 0.2) is 0 Å².